The number of nitrogens with zero attached hydrogens (tertiary/aromatic N) is 1. The van der Waals surface area contributed by atoms with Gasteiger partial charge in [0.25, 0.3) is 0 Å². The summed E-state index contributed by atoms with van der Waals surface area (Å²) in [5.41, 5.74) is 0.709. The average molecular weight is 352 g/mol. The predicted octanol–water partition coefficient (Wildman–Crippen LogP) is 3.59. The molecule has 2 heterocycles. The minimum Gasteiger partial charge on any atom is -0.444 e. The molecule has 0 saturated carbocycles. The molecule has 1 atom stereocenters. The molecule has 1 saturated heterocycles. The molecule has 134 valence electrons. The number of likely N-dealkylation sites (tertiary alicyclic amines) is 1. The van der Waals surface area contributed by atoms with Crippen molar-refractivity contribution in [2.24, 2.45) is 0 Å². The molecular weight excluding hydrogens is 324 g/mol. The first-order valence-electron chi connectivity index (χ1n) is 8.62. The van der Waals surface area contributed by atoms with Crippen LogP contribution in [-0.2, 0) is 16.0 Å². The molecule has 1 aromatic rings. The number of alkyl carbamates (subject to hydrolysis) is 1. The molecule has 6 heteroatoms. The van der Waals surface area contributed by atoms with Gasteiger partial charge >= 0.3 is 6.09 Å². The number of aryl methyl sites for hydroxylation is 1. The number of hydrogen-bond acceptors (Lipinski definition) is 4. The van der Waals surface area contributed by atoms with Gasteiger partial charge < -0.3 is 15.0 Å². The maximum absolute atomic E-state index is 12.6. The van der Waals surface area contributed by atoms with Gasteiger partial charge in [0.1, 0.15) is 5.60 Å². The second-order valence-corrected chi connectivity index (χ2v) is 8.03. The Labute approximate surface area is 148 Å². The van der Waals surface area contributed by atoms with Crippen molar-refractivity contribution in [2.75, 3.05) is 13.1 Å². The number of carbonyl (C=O) groups is 2. The van der Waals surface area contributed by atoms with Gasteiger partial charge in [0.2, 0.25) is 5.91 Å². The van der Waals surface area contributed by atoms with Crippen LogP contribution in [0.3, 0.4) is 0 Å². The Kier molecular flexibility index (Phi) is 6.66. The molecule has 1 aromatic heterocycles. The number of amides is 2. The van der Waals surface area contributed by atoms with Crippen molar-refractivity contribution >= 4 is 23.3 Å². The van der Waals surface area contributed by atoms with Crippen LogP contribution in [-0.4, -0.2) is 41.6 Å². The van der Waals surface area contributed by atoms with Gasteiger partial charge in [0.05, 0.1) is 0 Å². The van der Waals surface area contributed by atoms with E-state index in [0.717, 1.165) is 32.2 Å². The summed E-state index contributed by atoms with van der Waals surface area (Å²) in [5.74, 6) is 0.178. The zero-order chi connectivity index (χ0) is 17.6. The Hall–Kier alpha value is -1.56. The Balaban J connectivity index is 1.83. The van der Waals surface area contributed by atoms with Gasteiger partial charge in [-0.25, -0.2) is 4.79 Å². The Morgan fingerprint density at radius 1 is 1.38 bits per heavy atom. The van der Waals surface area contributed by atoms with Crippen molar-refractivity contribution < 1.29 is 14.3 Å². The zero-order valence-corrected chi connectivity index (χ0v) is 15.7. The van der Waals surface area contributed by atoms with Gasteiger partial charge in [-0.15, -0.1) is 0 Å². The van der Waals surface area contributed by atoms with Crippen LogP contribution < -0.4 is 5.32 Å². The second-order valence-electron chi connectivity index (χ2n) is 7.25. The highest BCUT2D eigenvalue weighted by molar-refractivity contribution is 7.07. The summed E-state index contributed by atoms with van der Waals surface area (Å²) in [4.78, 5) is 26.3. The lowest BCUT2D eigenvalue weighted by Crippen LogP contribution is -2.50. The SMILES string of the molecule is CC(C)(C)OC(=O)NCC1CCCCN1C(=O)CCc1ccsc1. The summed E-state index contributed by atoms with van der Waals surface area (Å²) in [6, 6.07) is 2.14. The van der Waals surface area contributed by atoms with Crippen molar-refractivity contribution in [3.05, 3.63) is 22.4 Å². The third-order valence-electron chi connectivity index (χ3n) is 4.04. The van der Waals surface area contributed by atoms with E-state index in [1.165, 1.54) is 5.56 Å². The van der Waals surface area contributed by atoms with Gasteiger partial charge in [-0.3, -0.25) is 4.79 Å². The highest BCUT2D eigenvalue weighted by atomic mass is 32.1. The van der Waals surface area contributed by atoms with Crippen molar-refractivity contribution in [1.82, 2.24) is 10.2 Å². The summed E-state index contributed by atoms with van der Waals surface area (Å²) in [6.45, 7) is 6.76. The van der Waals surface area contributed by atoms with E-state index in [1.807, 2.05) is 31.1 Å². The molecule has 1 fully saturated rings. The van der Waals surface area contributed by atoms with Gasteiger partial charge in [-0.1, -0.05) is 0 Å². The molecule has 0 aliphatic carbocycles. The normalized spacial score (nSPS) is 18.3. The standard InChI is InChI=1S/C18H28N2O3S/c1-18(2,3)23-17(22)19-12-15-6-4-5-10-20(15)16(21)8-7-14-9-11-24-13-14/h9,11,13,15H,4-8,10,12H2,1-3H3,(H,19,22). The molecule has 5 nitrogen and oxygen atoms in total. The quantitative estimate of drug-likeness (QED) is 0.881. The van der Waals surface area contributed by atoms with Crippen molar-refractivity contribution in [3.8, 4) is 0 Å². The first-order chi connectivity index (χ1) is 11.3. The maximum Gasteiger partial charge on any atom is 0.407 e. The third kappa shape index (κ3) is 6.15. The molecule has 0 aromatic carbocycles. The number of carbonyl (C=O) groups excluding carboxylic acids is 2. The number of hydrogen-bond donors (Lipinski definition) is 1. The summed E-state index contributed by atoms with van der Waals surface area (Å²) < 4.78 is 5.27. The number of thiophene rings is 1. The van der Waals surface area contributed by atoms with Crippen LogP contribution >= 0.6 is 11.3 Å². The summed E-state index contributed by atoms with van der Waals surface area (Å²) >= 11 is 1.66. The molecular formula is C18H28N2O3S. The Bertz CT molecular complexity index is 537. The average Bonchev–Trinajstić information content (AvgIpc) is 3.02. The van der Waals surface area contributed by atoms with E-state index in [0.29, 0.717) is 13.0 Å². The van der Waals surface area contributed by atoms with E-state index in [4.69, 9.17) is 4.74 Å². The van der Waals surface area contributed by atoms with Gasteiger partial charge in [-0.05, 0) is 68.8 Å². The molecule has 1 aliphatic heterocycles. The van der Waals surface area contributed by atoms with Crippen LogP contribution in [0, 0.1) is 0 Å². The van der Waals surface area contributed by atoms with E-state index in [1.54, 1.807) is 11.3 Å². The lowest BCUT2D eigenvalue weighted by molar-refractivity contribution is -0.134. The smallest absolute Gasteiger partial charge is 0.407 e. The highest BCUT2D eigenvalue weighted by Crippen LogP contribution is 2.19. The lowest BCUT2D eigenvalue weighted by atomic mass is 10.0. The number of nitrogens with one attached hydrogen (secondary N) is 1. The molecule has 1 N–H and O–H groups in total. The Morgan fingerprint density at radius 2 is 2.17 bits per heavy atom. The van der Waals surface area contributed by atoms with E-state index in [-0.39, 0.29) is 11.9 Å². The van der Waals surface area contributed by atoms with Crippen molar-refractivity contribution in [2.45, 2.75) is 64.5 Å². The van der Waals surface area contributed by atoms with Crippen LogP contribution in [0.5, 0.6) is 0 Å². The molecule has 0 bridgehead atoms. The molecule has 1 aliphatic rings. The van der Waals surface area contributed by atoms with Crippen LogP contribution in [0.1, 0.15) is 52.0 Å². The fraction of sp³-hybridized carbons (Fsp3) is 0.667. The highest BCUT2D eigenvalue weighted by Gasteiger charge is 2.27. The number of ether oxygens (including phenoxy) is 1. The predicted molar refractivity (Wildman–Crippen MR) is 96.2 cm³/mol. The Morgan fingerprint density at radius 3 is 2.83 bits per heavy atom. The lowest BCUT2D eigenvalue weighted by Gasteiger charge is -2.36. The van der Waals surface area contributed by atoms with E-state index < -0.39 is 11.7 Å². The molecule has 2 rings (SSSR count). The molecule has 1 unspecified atom stereocenters. The number of rotatable bonds is 5. The molecule has 0 radical (unpaired) electrons. The van der Waals surface area contributed by atoms with Crippen LogP contribution in [0.25, 0.3) is 0 Å². The second kappa shape index (κ2) is 8.51. The minimum atomic E-state index is -0.507. The topological polar surface area (TPSA) is 58.6 Å². The first-order valence-corrected chi connectivity index (χ1v) is 9.57. The summed E-state index contributed by atoms with van der Waals surface area (Å²) in [5, 5.41) is 6.93. The minimum absolute atomic E-state index is 0.0706. The first kappa shape index (κ1) is 18.8. The van der Waals surface area contributed by atoms with Gasteiger partial charge in [0.15, 0.2) is 0 Å². The summed E-state index contributed by atoms with van der Waals surface area (Å²) in [6.07, 6.45) is 3.95. The third-order valence-corrected chi connectivity index (χ3v) is 4.77. The fourth-order valence-electron chi connectivity index (χ4n) is 2.89. The van der Waals surface area contributed by atoms with Crippen molar-refractivity contribution in [1.29, 1.82) is 0 Å². The monoisotopic (exact) mass is 352 g/mol. The van der Waals surface area contributed by atoms with Gasteiger partial charge in [0, 0.05) is 25.6 Å². The fourth-order valence-corrected chi connectivity index (χ4v) is 3.59. The van der Waals surface area contributed by atoms with E-state index in [2.05, 4.69) is 16.8 Å². The number of piperidine rings is 1. The van der Waals surface area contributed by atoms with Crippen LogP contribution in [0.4, 0.5) is 4.79 Å². The molecule has 0 spiro atoms. The maximum atomic E-state index is 12.6. The molecule has 2 amide bonds. The van der Waals surface area contributed by atoms with Crippen molar-refractivity contribution in [3.63, 3.8) is 0 Å². The molecule has 24 heavy (non-hydrogen) atoms. The summed E-state index contributed by atoms with van der Waals surface area (Å²) in [7, 11) is 0. The zero-order valence-electron chi connectivity index (χ0n) is 14.8. The van der Waals surface area contributed by atoms with Crippen LogP contribution in [0.2, 0.25) is 0 Å². The van der Waals surface area contributed by atoms with Gasteiger partial charge in [-0.2, -0.15) is 11.3 Å². The van der Waals surface area contributed by atoms with E-state index >= 15 is 0 Å². The van der Waals surface area contributed by atoms with Crippen LogP contribution in [0.15, 0.2) is 16.8 Å². The van der Waals surface area contributed by atoms with E-state index in [9.17, 15) is 9.59 Å². The largest absolute Gasteiger partial charge is 0.444 e.